The third-order valence-electron chi connectivity index (χ3n) is 3.62. The molecule has 0 atom stereocenters. The van der Waals surface area contributed by atoms with Crippen LogP contribution in [-0.2, 0) is 22.7 Å². The lowest BCUT2D eigenvalue weighted by Crippen LogP contribution is -2.24. The Hall–Kier alpha value is -1.43. The highest BCUT2D eigenvalue weighted by Crippen LogP contribution is 2.30. The number of methoxy groups -OCH3 is 1. The highest BCUT2D eigenvalue weighted by molar-refractivity contribution is 5.69. The summed E-state index contributed by atoms with van der Waals surface area (Å²) in [5.41, 5.74) is 0. The smallest absolute Gasteiger partial charge is 0.306 e. The van der Waals surface area contributed by atoms with Gasteiger partial charge in [-0.2, -0.15) is 0 Å². The van der Waals surface area contributed by atoms with E-state index in [4.69, 9.17) is 9.84 Å². The Labute approximate surface area is 106 Å². The van der Waals surface area contributed by atoms with Crippen LogP contribution in [-0.4, -0.2) is 33.0 Å². The zero-order valence-electron chi connectivity index (χ0n) is 10.6. The van der Waals surface area contributed by atoms with Crippen molar-refractivity contribution in [2.75, 3.05) is 7.11 Å². The molecule has 0 unspecified atom stereocenters. The van der Waals surface area contributed by atoms with Gasteiger partial charge in [0.15, 0.2) is 5.82 Å². The fraction of sp³-hybridized carbons (Fsp3) is 0.750. The van der Waals surface area contributed by atoms with Crippen molar-refractivity contribution in [3.8, 4) is 0 Å². The predicted molar refractivity (Wildman–Crippen MR) is 63.8 cm³/mol. The number of carboxylic acids is 1. The molecule has 6 nitrogen and oxygen atoms in total. The lowest BCUT2D eigenvalue weighted by Gasteiger charge is -2.26. The first-order valence-electron chi connectivity index (χ1n) is 6.29. The molecule has 1 fully saturated rings. The van der Waals surface area contributed by atoms with Gasteiger partial charge in [-0.15, -0.1) is 10.2 Å². The summed E-state index contributed by atoms with van der Waals surface area (Å²) >= 11 is 0. The van der Waals surface area contributed by atoms with Crippen molar-refractivity contribution in [3.63, 3.8) is 0 Å². The molecule has 1 aliphatic carbocycles. The Morgan fingerprint density at radius 1 is 1.50 bits per heavy atom. The Kier molecular flexibility index (Phi) is 4.30. The van der Waals surface area contributed by atoms with Crippen LogP contribution < -0.4 is 0 Å². The second-order valence-corrected chi connectivity index (χ2v) is 4.89. The molecule has 1 aromatic rings. The maximum atomic E-state index is 10.9. The number of rotatable bonds is 5. The van der Waals surface area contributed by atoms with Gasteiger partial charge in [-0.25, -0.2) is 0 Å². The van der Waals surface area contributed by atoms with Gasteiger partial charge in [0.05, 0.1) is 5.92 Å². The molecule has 1 aromatic heterocycles. The van der Waals surface area contributed by atoms with Crippen LogP contribution in [0.2, 0.25) is 0 Å². The van der Waals surface area contributed by atoms with Gasteiger partial charge >= 0.3 is 5.97 Å². The van der Waals surface area contributed by atoms with Crippen LogP contribution in [0.1, 0.15) is 31.5 Å². The average molecular weight is 253 g/mol. The van der Waals surface area contributed by atoms with Crippen molar-refractivity contribution in [1.29, 1.82) is 0 Å². The van der Waals surface area contributed by atoms with E-state index in [1.165, 1.54) is 0 Å². The molecule has 0 radical (unpaired) electrons. The summed E-state index contributed by atoms with van der Waals surface area (Å²) < 4.78 is 7.07. The third-order valence-corrected chi connectivity index (χ3v) is 3.62. The number of aromatic nitrogens is 3. The van der Waals surface area contributed by atoms with Crippen LogP contribution in [0.4, 0.5) is 0 Å². The van der Waals surface area contributed by atoms with Crippen LogP contribution in [0.25, 0.3) is 0 Å². The fourth-order valence-electron chi connectivity index (χ4n) is 2.54. The molecule has 0 aliphatic heterocycles. The van der Waals surface area contributed by atoms with Crippen LogP contribution in [0.3, 0.4) is 0 Å². The molecule has 0 saturated heterocycles. The topological polar surface area (TPSA) is 77.2 Å². The zero-order valence-corrected chi connectivity index (χ0v) is 10.6. The molecular formula is C12H19N3O3. The molecule has 1 saturated carbocycles. The molecule has 0 bridgehead atoms. The average Bonchev–Trinajstić information content (AvgIpc) is 2.78. The van der Waals surface area contributed by atoms with E-state index in [2.05, 4.69) is 10.2 Å². The SMILES string of the molecule is COCc1nncn1CC1CCC(C(=O)O)CC1. The molecular weight excluding hydrogens is 234 g/mol. The Morgan fingerprint density at radius 3 is 2.83 bits per heavy atom. The molecule has 100 valence electrons. The van der Waals surface area contributed by atoms with E-state index in [9.17, 15) is 4.79 Å². The van der Waals surface area contributed by atoms with Gasteiger partial charge < -0.3 is 14.4 Å². The van der Waals surface area contributed by atoms with Crippen LogP contribution in [0.5, 0.6) is 0 Å². The van der Waals surface area contributed by atoms with E-state index in [0.29, 0.717) is 12.5 Å². The van der Waals surface area contributed by atoms with Gasteiger partial charge in [0.2, 0.25) is 0 Å². The maximum Gasteiger partial charge on any atom is 0.306 e. The largest absolute Gasteiger partial charge is 0.481 e. The Morgan fingerprint density at radius 2 is 2.22 bits per heavy atom. The number of hydrogen-bond donors (Lipinski definition) is 1. The number of ether oxygens (including phenoxy) is 1. The zero-order chi connectivity index (χ0) is 13.0. The predicted octanol–water partition coefficient (Wildman–Crippen LogP) is 1.32. The second-order valence-electron chi connectivity index (χ2n) is 4.89. The maximum absolute atomic E-state index is 10.9. The minimum absolute atomic E-state index is 0.152. The van der Waals surface area contributed by atoms with Crippen LogP contribution in [0, 0.1) is 11.8 Å². The van der Waals surface area contributed by atoms with Crippen LogP contribution >= 0.6 is 0 Å². The second kappa shape index (κ2) is 5.95. The monoisotopic (exact) mass is 253 g/mol. The molecule has 1 aliphatic rings. The molecule has 1 N–H and O–H groups in total. The van der Waals surface area contributed by atoms with Crippen molar-refractivity contribution < 1.29 is 14.6 Å². The molecule has 18 heavy (non-hydrogen) atoms. The van der Waals surface area contributed by atoms with E-state index in [0.717, 1.165) is 38.1 Å². The molecule has 6 heteroatoms. The van der Waals surface area contributed by atoms with Crippen molar-refractivity contribution in [2.45, 2.75) is 38.8 Å². The Bertz CT molecular complexity index is 397. The summed E-state index contributed by atoms with van der Waals surface area (Å²) in [4.78, 5) is 10.9. The van der Waals surface area contributed by atoms with E-state index in [1.54, 1.807) is 13.4 Å². The number of carboxylic acid groups (broad SMARTS) is 1. The summed E-state index contributed by atoms with van der Waals surface area (Å²) in [5.74, 6) is 0.545. The summed E-state index contributed by atoms with van der Waals surface area (Å²) in [6.45, 7) is 1.32. The molecule has 0 spiro atoms. The standard InChI is InChI=1S/C12H19N3O3/c1-18-7-11-14-13-8-15(11)6-9-2-4-10(5-3-9)12(16)17/h8-10H,2-7H2,1H3,(H,16,17). The molecule has 2 rings (SSSR count). The minimum atomic E-state index is -0.655. The number of aliphatic carboxylic acids is 1. The first-order valence-corrected chi connectivity index (χ1v) is 6.29. The van der Waals surface area contributed by atoms with Crippen LogP contribution in [0.15, 0.2) is 6.33 Å². The number of carbonyl (C=O) groups is 1. The summed E-state index contributed by atoms with van der Waals surface area (Å²) in [5, 5.41) is 16.9. The highest BCUT2D eigenvalue weighted by atomic mass is 16.5. The van der Waals surface area contributed by atoms with Gasteiger partial charge in [0.25, 0.3) is 0 Å². The molecule has 0 amide bonds. The lowest BCUT2D eigenvalue weighted by molar-refractivity contribution is -0.143. The van der Waals surface area contributed by atoms with Gasteiger partial charge in [0, 0.05) is 13.7 Å². The quantitative estimate of drug-likeness (QED) is 0.856. The highest BCUT2D eigenvalue weighted by Gasteiger charge is 2.26. The van der Waals surface area contributed by atoms with Crippen molar-refractivity contribution >= 4 is 5.97 Å². The van der Waals surface area contributed by atoms with Gasteiger partial charge in [0.1, 0.15) is 12.9 Å². The van der Waals surface area contributed by atoms with E-state index >= 15 is 0 Å². The van der Waals surface area contributed by atoms with Gasteiger partial charge in [-0.05, 0) is 31.6 Å². The Balaban J connectivity index is 1.87. The van der Waals surface area contributed by atoms with Gasteiger partial charge in [-0.3, -0.25) is 4.79 Å². The summed E-state index contributed by atoms with van der Waals surface area (Å²) in [6, 6.07) is 0. The molecule has 1 heterocycles. The number of nitrogens with zero attached hydrogens (tertiary/aromatic N) is 3. The van der Waals surface area contributed by atoms with Crippen molar-refractivity contribution in [1.82, 2.24) is 14.8 Å². The van der Waals surface area contributed by atoms with E-state index < -0.39 is 5.97 Å². The minimum Gasteiger partial charge on any atom is -0.481 e. The lowest BCUT2D eigenvalue weighted by atomic mass is 9.82. The first-order chi connectivity index (χ1) is 8.70. The van der Waals surface area contributed by atoms with Gasteiger partial charge in [-0.1, -0.05) is 0 Å². The number of hydrogen-bond acceptors (Lipinski definition) is 4. The normalized spacial score (nSPS) is 24.1. The van der Waals surface area contributed by atoms with Crippen molar-refractivity contribution in [3.05, 3.63) is 12.2 Å². The van der Waals surface area contributed by atoms with Crippen molar-refractivity contribution in [2.24, 2.45) is 11.8 Å². The fourth-order valence-corrected chi connectivity index (χ4v) is 2.54. The summed E-state index contributed by atoms with van der Waals surface area (Å²) in [7, 11) is 1.64. The van der Waals surface area contributed by atoms with E-state index in [-0.39, 0.29) is 5.92 Å². The molecule has 0 aromatic carbocycles. The third kappa shape index (κ3) is 3.07. The first kappa shape index (κ1) is 13.0. The summed E-state index contributed by atoms with van der Waals surface area (Å²) in [6.07, 6.45) is 5.20. The van der Waals surface area contributed by atoms with E-state index in [1.807, 2.05) is 4.57 Å².